The van der Waals surface area contributed by atoms with Crippen molar-refractivity contribution in [2.24, 2.45) is 10.9 Å². The highest BCUT2D eigenvalue weighted by Gasteiger charge is 2.41. The van der Waals surface area contributed by atoms with Gasteiger partial charge in [-0.15, -0.1) is 0 Å². The lowest BCUT2D eigenvalue weighted by Crippen LogP contribution is -2.44. The molecular weight excluding hydrogens is 522 g/mol. The van der Waals surface area contributed by atoms with Crippen molar-refractivity contribution in [2.75, 3.05) is 19.0 Å². The number of amidine groups is 1. The van der Waals surface area contributed by atoms with Crippen molar-refractivity contribution in [3.8, 4) is 11.5 Å². The average molecular weight is 556 g/mol. The van der Waals surface area contributed by atoms with Crippen molar-refractivity contribution in [2.45, 2.75) is 38.6 Å². The van der Waals surface area contributed by atoms with Gasteiger partial charge in [0, 0.05) is 11.7 Å². The predicted molar refractivity (Wildman–Crippen MR) is 161 cm³/mol. The number of carbonyl (C=O) groups is 2. The van der Waals surface area contributed by atoms with Gasteiger partial charge in [0.15, 0.2) is 23.3 Å². The molecule has 7 nitrogen and oxygen atoms in total. The SMILES string of the molecule is COc1cc(/C=C2\SC(=Nc3ccccc3)N([C@@H]3CCCC[C@H]3C)C2=O)ccc1OCC(=O)Nc1ccccc1. The fourth-order valence-corrected chi connectivity index (χ4v) is 6.10. The van der Waals surface area contributed by atoms with Crippen molar-refractivity contribution < 1.29 is 19.1 Å². The summed E-state index contributed by atoms with van der Waals surface area (Å²) in [6.45, 7) is 2.07. The second-order valence-corrected chi connectivity index (χ2v) is 11.0. The molecule has 1 heterocycles. The van der Waals surface area contributed by atoms with Gasteiger partial charge in [0.1, 0.15) is 0 Å². The van der Waals surface area contributed by atoms with Gasteiger partial charge in [-0.2, -0.15) is 0 Å². The fourth-order valence-electron chi connectivity index (χ4n) is 5.06. The van der Waals surface area contributed by atoms with Gasteiger partial charge in [-0.05, 0) is 78.6 Å². The Labute approximate surface area is 239 Å². The first-order valence-corrected chi connectivity index (χ1v) is 14.4. The molecule has 2 atom stereocenters. The zero-order chi connectivity index (χ0) is 27.9. The van der Waals surface area contributed by atoms with E-state index in [9.17, 15) is 9.59 Å². The van der Waals surface area contributed by atoms with Crippen LogP contribution in [0, 0.1) is 5.92 Å². The van der Waals surface area contributed by atoms with E-state index in [-0.39, 0.29) is 24.5 Å². The van der Waals surface area contributed by atoms with Crippen LogP contribution in [0.1, 0.15) is 38.2 Å². The van der Waals surface area contributed by atoms with Crippen LogP contribution < -0.4 is 14.8 Å². The largest absolute Gasteiger partial charge is 0.493 e. The first kappa shape index (κ1) is 27.5. The third-order valence-corrected chi connectivity index (χ3v) is 8.10. The molecule has 8 heteroatoms. The van der Waals surface area contributed by atoms with Crippen LogP contribution in [0.15, 0.2) is 88.8 Å². The van der Waals surface area contributed by atoms with Crippen LogP contribution in [0.3, 0.4) is 0 Å². The molecule has 3 aromatic carbocycles. The minimum atomic E-state index is -0.269. The molecule has 1 saturated carbocycles. The standard InChI is InChI=1S/C32H33N3O4S/c1-22-11-9-10-16-26(22)35-31(37)29(40-32(35)34-25-14-7-4-8-15-25)20-23-17-18-27(28(19-23)38-2)39-21-30(36)33-24-12-5-3-6-13-24/h3-8,12-15,17-20,22,26H,9-11,16,21H2,1-2H3,(H,33,36)/b29-20-,34-32?/t22-,26-/m1/s1. The number of para-hydroxylation sites is 2. The Morgan fingerprint density at radius 1 is 1.02 bits per heavy atom. The highest BCUT2D eigenvalue weighted by atomic mass is 32.2. The molecule has 2 fully saturated rings. The first-order valence-electron chi connectivity index (χ1n) is 13.5. The smallest absolute Gasteiger partial charge is 0.267 e. The Morgan fingerprint density at radius 2 is 1.75 bits per heavy atom. The topological polar surface area (TPSA) is 80.2 Å². The monoisotopic (exact) mass is 555 g/mol. The molecule has 1 aliphatic heterocycles. The number of hydrogen-bond acceptors (Lipinski definition) is 6. The quantitative estimate of drug-likeness (QED) is 0.306. The molecule has 3 aromatic rings. The second-order valence-electron chi connectivity index (χ2n) is 9.96. The number of anilines is 1. The van der Waals surface area contributed by atoms with Crippen molar-refractivity contribution in [3.63, 3.8) is 0 Å². The third kappa shape index (κ3) is 6.57. The van der Waals surface area contributed by atoms with E-state index in [0.717, 1.165) is 35.7 Å². The van der Waals surface area contributed by atoms with Crippen molar-refractivity contribution in [1.82, 2.24) is 4.90 Å². The molecule has 40 heavy (non-hydrogen) atoms. The summed E-state index contributed by atoms with van der Waals surface area (Å²) in [4.78, 5) is 33.5. The Kier molecular flexibility index (Phi) is 8.86. The summed E-state index contributed by atoms with van der Waals surface area (Å²) in [6.07, 6.45) is 6.27. The van der Waals surface area contributed by atoms with Crippen LogP contribution in [0.5, 0.6) is 11.5 Å². The van der Waals surface area contributed by atoms with Crippen LogP contribution in [0.2, 0.25) is 0 Å². The minimum absolute atomic E-state index is 0.0182. The number of nitrogens with zero attached hydrogens (tertiary/aromatic N) is 2. The molecule has 0 bridgehead atoms. The maximum Gasteiger partial charge on any atom is 0.267 e. The molecule has 1 aliphatic carbocycles. The first-order chi connectivity index (χ1) is 19.5. The number of nitrogens with one attached hydrogen (secondary N) is 1. The lowest BCUT2D eigenvalue weighted by atomic mass is 9.85. The lowest BCUT2D eigenvalue weighted by Gasteiger charge is -2.35. The van der Waals surface area contributed by atoms with E-state index in [1.165, 1.54) is 18.2 Å². The molecule has 0 aromatic heterocycles. The van der Waals surface area contributed by atoms with Gasteiger partial charge in [-0.25, -0.2) is 4.99 Å². The lowest BCUT2D eigenvalue weighted by molar-refractivity contribution is -0.125. The number of hydrogen-bond donors (Lipinski definition) is 1. The molecule has 2 amide bonds. The number of ether oxygens (including phenoxy) is 2. The predicted octanol–water partition coefficient (Wildman–Crippen LogP) is 6.90. The summed E-state index contributed by atoms with van der Waals surface area (Å²) < 4.78 is 11.3. The zero-order valence-electron chi connectivity index (χ0n) is 22.7. The number of aliphatic imine (C=N–C) groups is 1. The summed E-state index contributed by atoms with van der Waals surface area (Å²) in [5.41, 5.74) is 2.33. The van der Waals surface area contributed by atoms with Crippen molar-refractivity contribution in [1.29, 1.82) is 0 Å². The molecule has 0 unspecified atom stereocenters. The van der Waals surface area contributed by atoms with E-state index in [0.29, 0.717) is 28.0 Å². The van der Waals surface area contributed by atoms with Crippen LogP contribution in [0.25, 0.3) is 6.08 Å². The van der Waals surface area contributed by atoms with Gasteiger partial charge in [0.25, 0.3) is 11.8 Å². The summed E-state index contributed by atoms with van der Waals surface area (Å²) in [5.74, 6) is 1.05. The van der Waals surface area contributed by atoms with Gasteiger partial charge in [-0.1, -0.05) is 62.2 Å². The van der Waals surface area contributed by atoms with Gasteiger partial charge in [0.2, 0.25) is 0 Å². The van der Waals surface area contributed by atoms with Gasteiger partial charge < -0.3 is 14.8 Å². The molecule has 0 spiro atoms. The van der Waals surface area contributed by atoms with E-state index < -0.39 is 0 Å². The van der Waals surface area contributed by atoms with Gasteiger partial charge >= 0.3 is 0 Å². The summed E-state index contributed by atoms with van der Waals surface area (Å²) in [6, 6.07) is 24.5. The normalized spacial score (nSPS) is 21.1. The molecule has 206 valence electrons. The molecule has 1 N–H and O–H groups in total. The van der Waals surface area contributed by atoms with Crippen LogP contribution in [-0.2, 0) is 9.59 Å². The van der Waals surface area contributed by atoms with Crippen molar-refractivity contribution in [3.05, 3.63) is 89.3 Å². The number of methoxy groups -OCH3 is 1. The number of rotatable bonds is 8. The third-order valence-electron chi connectivity index (χ3n) is 7.12. The Bertz CT molecular complexity index is 1410. The molecule has 0 radical (unpaired) electrons. The van der Waals surface area contributed by atoms with E-state index in [4.69, 9.17) is 14.5 Å². The second kappa shape index (κ2) is 12.9. The highest BCUT2D eigenvalue weighted by Crippen LogP contribution is 2.40. The number of thioether (sulfide) groups is 1. The maximum atomic E-state index is 13.8. The number of amides is 2. The average Bonchev–Trinajstić information content (AvgIpc) is 3.27. The minimum Gasteiger partial charge on any atom is -0.493 e. The Hall–Kier alpha value is -4.04. The van der Waals surface area contributed by atoms with E-state index in [1.54, 1.807) is 13.2 Å². The fraction of sp³-hybridized carbons (Fsp3) is 0.281. The van der Waals surface area contributed by atoms with E-state index in [2.05, 4.69) is 12.2 Å². The molecule has 1 saturated heterocycles. The number of benzene rings is 3. The highest BCUT2D eigenvalue weighted by molar-refractivity contribution is 8.18. The maximum absolute atomic E-state index is 13.8. The Morgan fingerprint density at radius 3 is 2.48 bits per heavy atom. The van der Waals surface area contributed by atoms with Gasteiger partial charge in [0.05, 0.1) is 17.7 Å². The van der Waals surface area contributed by atoms with E-state index >= 15 is 0 Å². The molecular formula is C32H33N3O4S. The summed E-state index contributed by atoms with van der Waals surface area (Å²) in [7, 11) is 1.55. The van der Waals surface area contributed by atoms with Crippen LogP contribution in [0.4, 0.5) is 11.4 Å². The Balaban J connectivity index is 1.35. The van der Waals surface area contributed by atoms with Crippen LogP contribution in [-0.4, -0.2) is 41.6 Å². The van der Waals surface area contributed by atoms with Crippen LogP contribution >= 0.6 is 11.8 Å². The summed E-state index contributed by atoms with van der Waals surface area (Å²) in [5, 5.41) is 3.52. The number of carbonyl (C=O) groups excluding carboxylic acids is 2. The molecule has 2 aliphatic rings. The zero-order valence-corrected chi connectivity index (χ0v) is 23.5. The molecule has 5 rings (SSSR count). The summed E-state index contributed by atoms with van der Waals surface area (Å²) >= 11 is 1.41. The van der Waals surface area contributed by atoms with Crippen molar-refractivity contribution >= 4 is 46.2 Å². The van der Waals surface area contributed by atoms with Gasteiger partial charge in [-0.3, -0.25) is 14.5 Å². The van der Waals surface area contributed by atoms with E-state index in [1.807, 2.05) is 83.8 Å².